The number of hydroxylamine groups is 2. The second kappa shape index (κ2) is 4.93. The van der Waals surface area contributed by atoms with Gasteiger partial charge < -0.3 is 19.3 Å². The Kier molecular flexibility index (Phi) is 4.32. The van der Waals surface area contributed by atoms with Gasteiger partial charge in [-0.15, -0.1) is 0 Å². The van der Waals surface area contributed by atoms with Crippen LogP contribution in [0.1, 0.15) is 33.6 Å². The van der Waals surface area contributed by atoms with Gasteiger partial charge in [-0.2, -0.15) is 0 Å². The van der Waals surface area contributed by atoms with Gasteiger partial charge in [0.05, 0.1) is 19.8 Å². The lowest BCUT2D eigenvalue weighted by Crippen LogP contribution is -3.13. The Labute approximate surface area is 90.9 Å². The molecular formula is C9H20NO4P. The molecule has 1 heterocycles. The Bertz CT molecular complexity index is 250. The van der Waals surface area contributed by atoms with Gasteiger partial charge in [0.15, 0.2) is 5.28 Å². The molecule has 0 aliphatic carbocycles. The summed E-state index contributed by atoms with van der Waals surface area (Å²) in [5.41, 5.74) is 0. The molecule has 0 spiro atoms. The minimum Gasteiger partial charge on any atom is -0.633 e. The second-order valence-corrected chi connectivity index (χ2v) is 6.38. The van der Waals surface area contributed by atoms with Crippen LogP contribution in [0, 0.1) is 5.21 Å². The monoisotopic (exact) mass is 237 g/mol. The molecule has 6 heteroatoms. The maximum Gasteiger partial charge on any atom is 0.390 e. The Morgan fingerprint density at radius 2 is 1.93 bits per heavy atom. The highest BCUT2D eigenvalue weighted by Gasteiger charge is 2.55. The van der Waals surface area contributed by atoms with Gasteiger partial charge in [-0.1, -0.05) is 0 Å². The van der Waals surface area contributed by atoms with Crippen molar-refractivity contribution < 1.29 is 18.7 Å². The van der Waals surface area contributed by atoms with Crippen molar-refractivity contribution >= 4 is 7.60 Å². The summed E-state index contributed by atoms with van der Waals surface area (Å²) in [6, 6.07) is 0. The molecule has 0 amide bonds. The van der Waals surface area contributed by atoms with Crippen LogP contribution in [0.15, 0.2) is 0 Å². The standard InChI is InChI=1S/C9H20NO4P/c1-4-13-15(12,14-5-2)9(3)7-6-8-10(9)11/h10H,4-8H2,1-3H3. The molecule has 0 radical (unpaired) electrons. The molecule has 1 aliphatic heterocycles. The van der Waals surface area contributed by atoms with Crippen LogP contribution in [0.3, 0.4) is 0 Å². The summed E-state index contributed by atoms with van der Waals surface area (Å²) in [4.78, 5) is 0. The fraction of sp³-hybridized carbons (Fsp3) is 1.00. The van der Waals surface area contributed by atoms with Crippen molar-refractivity contribution in [1.82, 2.24) is 0 Å². The third kappa shape index (κ3) is 2.27. The van der Waals surface area contributed by atoms with Crippen molar-refractivity contribution in [3.05, 3.63) is 5.21 Å². The van der Waals surface area contributed by atoms with Crippen LogP contribution in [0.5, 0.6) is 0 Å². The summed E-state index contributed by atoms with van der Waals surface area (Å²) in [6.07, 6.45) is 1.38. The average molecular weight is 237 g/mol. The molecule has 0 aromatic rings. The van der Waals surface area contributed by atoms with Gasteiger partial charge in [0.25, 0.3) is 0 Å². The van der Waals surface area contributed by atoms with Crippen molar-refractivity contribution in [2.45, 2.75) is 38.9 Å². The molecule has 15 heavy (non-hydrogen) atoms. The minimum atomic E-state index is -3.28. The smallest absolute Gasteiger partial charge is 0.390 e. The van der Waals surface area contributed by atoms with E-state index in [1.54, 1.807) is 20.8 Å². The summed E-state index contributed by atoms with van der Waals surface area (Å²) in [5.74, 6) is 0. The van der Waals surface area contributed by atoms with Crippen LogP contribution in [0.4, 0.5) is 0 Å². The van der Waals surface area contributed by atoms with E-state index < -0.39 is 12.9 Å². The number of quaternary nitrogens is 1. The van der Waals surface area contributed by atoms with Crippen molar-refractivity contribution in [2.24, 2.45) is 0 Å². The van der Waals surface area contributed by atoms with Gasteiger partial charge in [0.2, 0.25) is 0 Å². The predicted molar refractivity (Wildman–Crippen MR) is 57.7 cm³/mol. The quantitative estimate of drug-likeness (QED) is 0.575. The lowest BCUT2D eigenvalue weighted by molar-refractivity contribution is -0.872. The van der Waals surface area contributed by atoms with Gasteiger partial charge in [0, 0.05) is 19.8 Å². The summed E-state index contributed by atoms with van der Waals surface area (Å²) in [5, 5.41) is 10.8. The van der Waals surface area contributed by atoms with Crippen molar-refractivity contribution in [1.29, 1.82) is 0 Å². The predicted octanol–water partition coefficient (Wildman–Crippen LogP) is 1.15. The summed E-state index contributed by atoms with van der Waals surface area (Å²) >= 11 is 0. The fourth-order valence-corrected chi connectivity index (χ4v) is 4.13. The lowest BCUT2D eigenvalue weighted by Gasteiger charge is -2.38. The van der Waals surface area contributed by atoms with E-state index in [0.717, 1.165) is 6.42 Å². The molecule has 90 valence electrons. The molecule has 0 bridgehead atoms. The SMILES string of the molecule is CCOP(=O)(OCC)C1(C)CCC[NH+]1[O-]. The highest BCUT2D eigenvalue weighted by atomic mass is 31.2. The van der Waals surface area contributed by atoms with E-state index in [4.69, 9.17) is 9.05 Å². The van der Waals surface area contributed by atoms with E-state index in [-0.39, 0.29) is 5.06 Å². The van der Waals surface area contributed by atoms with E-state index in [1.807, 2.05) is 0 Å². The van der Waals surface area contributed by atoms with E-state index in [1.165, 1.54) is 0 Å². The third-order valence-corrected chi connectivity index (χ3v) is 5.75. The molecular weight excluding hydrogens is 217 g/mol. The van der Waals surface area contributed by atoms with Crippen LogP contribution in [-0.4, -0.2) is 25.0 Å². The first-order chi connectivity index (χ1) is 7.00. The zero-order chi connectivity index (χ0) is 11.5. The number of hydrogen-bond donors (Lipinski definition) is 1. The van der Waals surface area contributed by atoms with E-state index >= 15 is 0 Å². The first-order valence-corrected chi connectivity index (χ1v) is 6.97. The van der Waals surface area contributed by atoms with E-state index in [0.29, 0.717) is 26.2 Å². The number of hydrogen-bond acceptors (Lipinski definition) is 4. The molecule has 2 atom stereocenters. The van der Waals surface area contributed by atoms with Gasteiger partial charge >= 0.3 is 7.60 Å². The maximum atomic E-state index is 12.5. The molecule has 0 saturated carbocycles. The average Bonchev–Trinajstić information content (AvgIpc) is 2.49. The lowest BCUT2D eigenvalue weighted by atomic mass is 10.2. The van der Waals surface area contributed by atoms with Gasteiger partial charge in [-0.25, -0.2) is 0 Å². The molecule has 1 N–H and O–H groups in total. The van der Waals surface area contributed by atoms with Gasteiger partial charge in [-0.05, 0) is 13.8 Å². The molecule has 1 saturated heterocycles. The highest BCUT2D eigenvalue weighted by Crippen LogP contribution is 2.59. The first-order valence-electron chi connectivity index (χ1n) is 5.42. The van der Waals surface area contributed by atoms with Gasteiger partial charge in [-0.3, -0.25) is 4.57 Å². The van der Waals surface area contributed by atoms with Crippen molar-refractivity contribution in [3.8, 4) is 0 Å². The molecule has 1 fully saturated rings. The first kappa shape index (κ1) is 13.1. The Balaban J connectivity index is 2.92. The number of rotatable bonds is 5. The molecule has 2 unspecified atom stereocenters. The Morgan fingerprint density at radius 3 is 2.27 bits per heavy atom. The van der Waals surface area contributed by atoms with E-state index in [9.17, 15) is 9.77 Å². The Morgan fingerprint density at radius 1 is 1.40 bits per heavy atom. The van der Waals surface area contributed by atoms with Crippen LogP contribution >= 0.6 is 7.60 Å². The molecule has 5 nitrogen and oxygen atoms in total. The van der Waals surface area contributed by atoms with Crippen molar-refractivity contribution in [3.63, 3.8) is 0 Å². The second-order valence-electron chi connectivity index (χ2n) is 3.88. The molecule has 0 aromatic heterocycles. The highest BCUT2D eigenvalue weighted by molar-refractivity contribution is 7.55. The third-order valence-electron chi connectivity index (χ3n) is 2.87. The Hall–Kier alpha value is 0.0700. The van der Waals surface area contributed by atoms with Crippen LogP contribution in [0.25, 0.3) is 0 Å². The fourth-order valence-electron chi connectivity index (χ4n) is 1.95. The maximum absolute atomic E-state index is 12.5. The molecule has 1 rings (SSSR count). The van der Waals surface area contributed by atoms with E-state index in [2.05, 4.69) is 0 Å². The van der Waals surface area contributed by atoms with Crippen LogP contribution in [0.2, 0.25) is 0 Å². The minimum absolute atomic E-state index is 0.00716. The summed E-state index contributed by atoms with van der Waals surface area (Å²) in [7, 11) is -3.28. The number of nitrogens with one attached hydrogen (secondary N) is 1. The summed E-state index contributed by atoms with van der Waals surface area (Å²) < 4.78 is 23.0. The zero-order valence-corrected chi connectivity index (χ0v) is 10.5. The van der Waals surface area contributed by atoms with Crippen molar-refractivity contribution in [2.75, 3.05) is 19.8 Å². The normalized spacial score (nSPS) is 32.1. The molecule has 0 aromatic carbocycles. The summed E-state index contributed by atoms with van der Waals surface area (Å²) in [6.45, 7) is 6.32. The topological polar surface area (TPSA) is 63.0 Å². The van der Waals surface area contributed by atoms with Crippen LogP contribution < -0.4 is 5.06 Å². The zero-order valence-electron chi connectivity index (χ0n) is 9.62. The molecule has 1 aliphatic rings. The van der Waals surface area contributed by atoms with Gasteiger partial charge in [0.1, 0.15) is 0 Å². The largest absolute Gasteiger partial charge is 0.633 e. The van der Waals surface area contributed by atoms with Crippen LogP contribution in [-0.2, 0) is 13.6 Å².